The Morgan fingerprint density at radius 3 is 1.92 bits per heavy atom. The van der Waals surface area contributed by atoms with E-state index in [9.17, 15) is 17.6 Å². The highest BCUT2D eigenvalue weighted by atomic mass is 19.3. The Balaban J connectivity index is 3.94. The van der Waals surface area contributed by atoms with Crippen LogP contribution in [0, 0.1) is 0 Å². The van der Waals surface area contributed by atoms with E-state index in [-0.39, 0.29) is 6.04 Å². The fraction of sp³-hybridized carbons (Fsp3) is 1.00. The van der Waals surface area contributed by atoms with Crippen LogP contribution in [0.5, 0.6) is 0 Å². The average Bonchev–Trinajstić information content (AvgIpc) is 1.78. The molecule has 0 aliphatic heterocycles. The summed E-state index contributed by atoms with van der Waals surface area (Å²) in [5.41, 5.74) is 0. The topological polar surface area (TPSA) is 12.0 Å². The molecule has 0 aliphatic rings. The van der Waals surface area contributed by atoms with E-state index in [0.29, 0.717) is 6.92 Å². The van der Waals surface area contributed by atoms with Crippen LogP contribution in [0.1, 0.15) is 27.2 Å². The molecule has 0 heterocycles. The van der Waals surface area contributed by atoms with Gasteiger partial charge in [0.25, 0.3) is 11.8 Å². The molecule has 0 bridgehead atoms. The molecule has 0 rings (SSSR count). The van der Waals surface area contributed by atoms with Gasteiger partial charge in [0, 0.05) is 6.04 Å². The van der Waals surface area contributed by atoms with Crippen molar-refractivity contribution < 1.29 is 17.6 Å². The summed E-state index contributed by atoms with van der Waals surface area (Å²) in [7, 11) is 0. The Morgan fingerprint density at radius 2 is 1.62 bits per heavy atom. The van der Waals surface area contributed by atoms with Crippen molar-refractivity contribution in [1.82, 2.24) is 5.32 Å². The first-order valence-electron chi connectivity index (χ1n) is 4.11. The van der Waals surface area contributed by atoms with Gasteiger partial charge < -0.3 is 5.32 Å². The molecule has 0 amide bonds. The van der Waals surface area contributed by atoms with Crippen molar-refractivity contribution in [2.24, 2.45) is 0 Å². The van der Waals surface area contributed by atoms with Gasteiger partial charge in [-0.3, -0.25) is 0 Å². The Morgan fingerprint density at radius 1 is 1.15 bits per heavy atom. The van der Waals surface area contributed by atoms with E-state index in [4.69, 9.17) is 0 Å². The average molecular weight is 201 g/mol. The summed E-state index contributed by atoms with van der Waals surface area (Å²) in [4.78, 5) is 0. The number of hydrogen-bond acceptors (Lipinski definition) is 1. The maximum absolute atomic E-state index is 12.7. The van der Waals surface area contributed by atoms with Crippen molar-refractivity contribution in [3.8, 4) is 0 Å². The molecule has 0 radical (unpaired) electrons. The van der Waals surface area contributed by atoms with Gasteiger partial charge in [-0.05, 0) is 6.92 Å². The van der Waals surface area contributed by atoms with Crippen molar-refractivity contribution in [3.63, 3.8) is 0 Å². The lowest BCUT2D eigenvalue weighted by Crippen LogP contribution is -2.39. The normalized spacial score (nSPS) is 13.8. The van der Waals surface area contributed by atoms with Crippen LogP contribution in [-0.2, 0) is 0 Å². The first kappa shape index (κ1) is 12.7. The number of halogens is 4. The first-order chi connectivity index (χ1) is 5.62. The maximum atomic E-state index is 12.7. The zero-order valence-electron chi connectivity index (χ0n) is 8.00. The quantitative estimate of drug-likeness (QED) is 0.674. The molecule has 0 aromatic carbocycles. The standard InChI is InChI=1S/C8H15F4N/c1-6(2)13-5-8(11,12)4-7(3,9)10/h6,13H,4-5H2,1-3H3. The summed E-state index contributed by atoms with van der Waals surface area (Å²) in [6.07, 6.45) is -1.40. The fourth-order valence-corrected chi connectivity index (χ4v) is 0.870. The minimum Gasteiger partial charge on any atom is -0.309 e. The van der Waals surface area contributed by atoms with Crippen LogP contribution < -0.4 is 5.32 Å². The van der Waals surface area contributed by atoms with E-state index in [1.54, 1.807) is 13.8 Å². The maximum Gasteiger partial charge on any atom is 0.266 e. The number of hydrogen-bond donors (Lipinski definition) is 1. The summed E-state index contributed by atoms with van der Waals surface area (Å²) in [6, 6.07) is -0.128. The summed E-state index contributed by atoms with van der Waals surface area (Å²) in [5, 5.41) is 2.42. The minimum absolute atomic E-state index is 0.128. The predicted molar refractivity (Wildman–Crippen MR) is 43.3 cm³/mol. The predicted octanol–water partition coefficient (Wildman–Crippen LogP) is 2.67. The molecule has 0 saturated heterocycles. The molecule has 1 nitrogen and oxygen atoms in total. The van der Waals surface area contributed by atoms with Gasteiger partial charge in [0.2, 0.25) is 0 Å². The van der Waals surface area contributed by atoms with Crippen LogP contribution in [0.3, 0.4) is 0 Å². The summed E-state index contributed by atoms with van der Waals surface area (Å²) in [5.74, 6) is -6.66. The molecule has 0 spiro atoms. The lowest BCUT2D eigenvalue weighted by Gasteiger charge is -2.21. The third kappa shape index (κ3) is 8.02. The molecular weight excluding hydrogens is 186 g/mol. The first-order valence-corrected chi connectivity index (χ1v) is 4.11. The Kier molecular flexibility index (Phi) is 4.16. The van der Waals surface area contributed by atoms with E-state index in [1.165, 1.54) is 0 Å². The van der Waals surface area contributed by atoms with Gasteiger partial charge in [-0.25, -0.2) is 17.6 Å². The zero-order chi connectivity index (χ0) is 10.7. The van der Waals surface area contributed by atoms with Crippen LogP contribution in [0.2, 0.25) is 0 Å². The molecule has 0 saturated carbocycles. The lowest BCUT2D eigenvalue weighted by atomic mass is 10.1. The van der Waals surface area contributed by atoms with Crippen molar-refractivity contribution >= 4 is 0 Å². The van der Waals surface area contributed by atoms with Crippen LogP contribution in [0.4, 0.5) is 17.6 Å². The van der Waals surface area contributed by atoms with Gasteiger partial charge in [0.05, 0.1) is 13.0 Å². The highest BCUT2D eigenvalue weighted by Crippen LogP contribution is 2.29. The van der Waals surface area contributed by atoms with Gasteiger partial charge in [-0.15, -0.1) is 0 Å². The Bertz CT molecular complexity index is 151. The Labute approximate surface area is 75.5 Å². The van der Waals surface area contributed by atoms with E-state index in [2.05, 4.69) is 5.32 Å². The number of rotatable bonds is 5. The molecule has 13 heavy (non-hydrogen) atoms. The molecule has 80 valence electrons. The van der Waals surface area contributed by atoms with Crippen LogP contribution in [0.25, 0.3) is 0 Å². The van der Waals surface area contributed by atoms with Crippen molar-refractivity contribution in [2.45, 2.75) is 45.1 Å². The fourth-order valence-electron chi connectivity index (χ4n) is 0.870. The Hall–Kier alpha value is -0.320. The number of alkyl halides is 4. The third-order valence-electron chi connectivity index (χ3n) is 1.34. The second-order valence-corrected chi connectivity index (χ2v) is 3.64. The monoisotopic (exact) mass is 201 g/mol. The highest BCUT2D eigenvalue weighted by Gasteiger charge is 2.39. The summed E-state index contributed by atoms with van der Waals surface area (Å²) >= 11 is 0. The third-order valence-corrected chi connectivity index (χ3v) is 1.34. The van der Waals surface area contributed by atoms with Crippen LogP contribution >= 0.6 is 0 Å². The second kappa shape index (κ2) is 4.26. The second-order valence-electron chi connectivity index (χ2n) is 3.64. The van der Waals surface area contributed by atoms with Gasteiger partial charge in [0.1, 0.15) is 0 Å². The van der Waals surface area contributed by atoms with Crippen LogP contribution in [-0.4, -0.2) is 24.4 Å². The van der Waals surface area contributed by atoms with Crippen molar-refractivity contribution in [2.75, 3.05) is 6.54 Å². The summed E-state index contributed by atoms with van der Waals surface area (Å²) < 4.78 is 49.9. The lowest BCUT2D eigenvalue weighted by molar-refractivity contribution is -0.0991. The van der Waals surface area contributed by atoms with Gasteiger partial charge in [-0.1, -0.05) is 13.8 Å². The summed E-state index contributed by atoms with van der Waals surface area (Å²) in [6.45, 7) is 3.16. The highest BCUT2D eigenvalue weighted by molar-refractivity contribution is 4.76. The van der Waals surface area contributed by atoms with E-state index in [0.717, 1.165) is 0 Å². The van der Waals surface area contributed by atoms with E-state index in [1.807, 2.05) is 0 Å². The van der Waals surface area contributed by atoms with E-state index < -0.39 is 24.8 Å². The van der Waals surface area contributed by atoms with Gasteiger partial charge in [0.15, 0.2) is 0 Å². The largest absolute Gasteiger partial charge is 0.309 e. The molecular formula is C8H15F4N. The molecule has 0 aromatic rings. The van der Waals surface area contributed by atoms with Crippen LogP contribution in [0.15, 0.2) is 0 Å². The minimum atomic E-state index is -3.34. The number of nitrogens with one attached hydrogen (secondary N) is 1. The zero-order valence-corrected chi connectivity index (χ0v) is 8.00. The van der Waals surface area contributed by atoms with Gasteiger partial charge in [-0.2, -0.15) is 0 Å². The van der Waals surface area contributed by atoms with Crippen molar-refractivity contribution in [3.05, 3.63) is 0 Å². The van der Waals surface area contributed by atoms with Crippen molar-refractivity contribution in [1.29, 1.82) is 0 Å². The molecule has 0 unspecified atom stereocenters. The SMILES string of the molecule is CC(C)NCC(F)(F)CC(C)(F)F. The van der Waals surface area contributed by atoms with E-state index >= 15 is 0 Å². The molecule has 0 fully saturated rings. The van der Waals surface area contributed by atoms with Gasteiger partial charge >= 0.3 is 0 Å². The molecule has 1 N–H and O–H groups in total. The molecule has 5 heteroatoms. The smallest absolute Gasteiger partial charge is 0.266 e. The molecule has 0 atom stereocenters. The molecule has 0 aromatic heterocycles. The molecule has 0 aliphatic carbocycles.